The van der Waals surface area contributed by atoms with Crippen LogP contribution in [-0.4, -0.2) is 0 Å². The molecule has 1 heterocycles. The molecule has 1 aromatic heterocycles. The maximum Gasteiger partial charge on any atom is 0.138 e. The van der Waals surface area contributed by atoms with Crippen molar-refractivity contribution in [3.05, 3.63) is 45.7 Å². The van der Waals surface area contributed by atoms with Gasteiger partial charge in [0.1, 0.15) is 11.2 Å². The van der Waals surface area contributed by atoms with Crippen LogP contribution in [0.4, 0.5) is 0 Å². The van der Waals surface area contributed by atoms with Gasteiger partial charge in [-0.2, -0.15) is 0 Å². The van der Waals surface area contributed by atoms with Gasteiger partial charge in [-0.15, -0.1) is 0 Å². The molecule has 0 spiro atoms. The van der Waals surface area contributed by atoms with Crippen LogP contribution in [0.2, 0.25) is 5.02 Å². The van der Waals surface area contributed by atoms with Gasteiger partial charge in [0.2, 0.25) is 0 Å². The van der Waals surface area contributed by atoms with Gasteiger partial charge in [0.05, 0.1) is 8.22 Å². The second kappa shape index (κ2) is 3.26. The van der Waals surface area contributed by atoms with E-state index < -0.39 is 12.1 Å². The van der Waals surface area contributed by atoms with Gasteiger partial charge in [-0.1, -0.05) is 29.7 Å². The highest BCUT2D eigenvalue weighted by atomic mass is 79.9. The van der Waals surface area contributed by atoms with E-state index in [1.54, 1.807) is 0 Å². The van der Waals surface area contributed by atoms with Crippen LogP contribution < -0.4 is 0 Å². The smallest absolute Gasteiger partial charge is 0.138 e. The van der Waals surface area contributed by atoms with Crippen LogP contribution in [0.25, 0.3) is 21.9 Å². The lowest BCUT2D eigenvalue weighted by Gasteiger charge is -1.94. The van der Waals surface area contributed by atoms with E-state index >= 15 is 0 Å². The molecule has 0 amide bonds. The molecule has 0 unspecified atom stereocenters. The molecule has 0 atom stereocenters. The van der Waals surface area contributed by atoms with Crippen molar-refractivity contribution in [2.24, 2.45) is 0 Å². The van der Waals surface area contributed by atoms with Gasteiger partial charge in [-0.05, 0) is 28.0 Å². The van der Waals surface area contributed by atoms with Gasteiger partial charge in [0.25, 0.3) is 0 Å². The summed E-state index contributed by atoms with van der Waals surface area (Å²) < 4.78 is 52.7. The molecule has 0 saturated heterocycles. The van der Waals surface area contributed by atoms with Gasteiger partial charge in [-0.25, -0.2) is 0 Å². The first-order valence-corrected chi connectivity index (χ1v) is 5.21. The minimum atomic E-state index is -0.411. The van der Waals surface area contributed by atoms with Gasteiger partial charge >= 0.3 is 0 Å². The van der Waals surface area contributed by atoms with Crippen LogP contribution >= 0.6 is 27.5 Å². The Kier molecular flexibility index (Phi) is 1.06. The van der Waals surface area contributed by atoms with Gasteiger partial charge < -0.3 is 4.42 Å². The Bertz CT molecular complexity index is 861. The Morgan fingerprint density at radius 1 is 1.20 bits per heavy atom. The normalized spacial score (nSPS) is 16.9. The molecule has 3 heteroatoms. The standard InChI is InChI=1S/C12H6BrClO/c13-9-5-7(14)6-11-12(9)8-3-1-2-4-10(8)15-11/h1-6H/i1D,2D,3D,4D,5D,6D. The number of rotatable bonds is 0. The molecule has 0 radical (unpaired) electrons. The van der Waals surface area contributed by atoms with E-state index in [0.29, 0.717) is 0 Å². The zero-order valence-electron chi connectivity index (χ0n) is 13.2. The fraction of sp³-hybridized carbons (Fsp3) is 0. The van der Waals surface area contributed by atoms with E-state index in [1.807, 2.05) is 0 Å². The molecule has 15 heavy (non-hydrogen) atoms. The van der Waals surface area contributed by atoms with Crippen molar-refractivity contribution in [2.45, 2.75) is 0 Å². The van der Waals surface area contributed by atoms with Crippen molar-refractivity contribution in [3.63, 3.8) is 0 Å². The summed E-state index contributed by atoms with van der Waals surface area (Å²) in [6, 6.07) is -1.73. The van der Waals surface area contributed by atoms with E-state index in [4.69, 9.17) is 24.2 Å². The highest BCUT2D eigenvalue weighted by molar-refractivity contribution is 9.10. The molecule has 2 aromatic carbocycles. The molecule has 0 fully saturated rings. The molecule has 0 bridgehead atoms. The highest BCUT2D eigenvalue weighted by Crippen LogP contribution is 2.35. The summed E-state index contributed by atoms with van der Waals surface area (Å²) in [5.41, 5.74) is -0.0169. The van der Waals surface area contributed by atoms with E-state index in [2.05, 4.69) is 15.9 Å². The van der Waals surface area contributed by atoms with Crippen molar-refractivity contribution < 1.29 is 12.6 Å². The third kappa shape index (κ3) is 1.36. The summed E-state index contributed by atoms with van der Waals surface area (Å²) >= 11 is 9.10. The zero-order valence-corrected chi connectivity index (χ0v) is 9.51. The summed E-state index contributed by atoms with van der Waals surface area (Å²) in [6.45, 7) is 0. The number of halogens is 2. The molecule has 1 nitrogen and oxygen atoms in total. The largest absolute Gasteiger partial charge is 0.456 e. The van der Waals surface area contributed by atoms with Gasteiger partial charge in [0.15, 0.2) is 0 Å². The summed E-state index contributed by atoms with van der Waals surface area (Å²) in [6.07, 6.45) is 0. The fourth-order valence-electron chi connectivity index (χ4n) is 1.41. The minimum Gasteiger partial charge on any atom is -0.456 e. The lowest BCUT2D eigenvalue weighted by atomic mass is 10.1. The second-order valence-corrected chi connectivity index (χ2v) is 4.06. The number of furan rings is 1. The summed E-state index contributed by atoms with van der Waals surface area (Å²) in [7, 11) is 0. The van der Waals surface area contributed by atoms with Crippen LogP contribution in [0.3, 0.4) is 0 Å². The SMILES string of the molecule is [2H]c1c([2H])c([2H])c2c(oc3c([2H])c(Cl)c([2H])c(Br)c32)c1[2H]. The average Bonchev–Trinajstić information content (AvgIpc) is 2.87. The molecule has 0 N–H and O–H groups in total. The Balaban J connectivity index is 2.73. The molecule has 0 aliphatic heterocycles. The van der Waals surface area contributed by atoms with Gasteiger partial charge in [-0.3, -0.25) is 0 Å². The molecule has 0 saturated carbocycles. The van der Waals surface area contributed by atoms with E-state index in [0.717, 1.165) is 0 Å². The number of para-hydroxylation sites is 1. The molecule has 74 valence electrons. The van der Waals surface area contributed by atoms with Crippen molar-refractivity contribution in [1.82, 2.24) is 0 Å². The van der Waals surface area contributed by atoms with Crippen LogP contribution in [0.1, 0.15) is 8.22 Å². The number of hydrogen-bond donors (Lipinski definition) is 0. The lowest BCUT2D eigenvalue weighted by molar-refractivity contribution is 0.669. The molecule has 3 rings (SSSR count). The van der Waals surface area contributed by atoms with Crippen LogP contribution in [0.5, 0.6) is 0 Å². The van der Waals surface area contributed by atoms with E-state index in [9.17, 15) is 0 Å². The highest BCUT2D eigenvalue weighted by Gasteiger charge is 2.09. The average molecular weight is 288 g/mol. The summed E-state index contributed by atoms with van der Waals surface area (Å²) in [5.74, 6) is 0. The molecular weight excluding hydrogens is 275 g/mol. The van der Waals surface area contributed by atoms with Crippen LogP contribution in [0.15, 0.2) is 45.1 Å². The fourth-order valence-corrected chi connectivity index (χ4v) is 2.28. The number of fused-ring (bicyclic) bond motifs is 3. The monoisotopic (exact) mass is 286 g/mol. The molecule has 0 aliphatic carbocycles. The van der Waals surface area contributed by atoms with E-state index in [1.165, 1.54) is 0 Å². The third-order valence-corrected chi connectivity index (χ3v) is 2.78. The van der Waals surface area contributed by atoms with Crippen molar-refractivity contribution >= 4 is 49.5 Å². The number of benzene rings is 2. The zero-order chi connectivity index (χ0) is 15.6. The topological polar surface area (TPSA) is 13.1 Å². The minimum absolute atomic E-state index is 0.0323. The predicted octanol–water partition coefficient (Wildman–Crippen LogP) is 5.00. The van der Waals surface area contributed by atoms with Gasteiger partial charge in [0, 0.05) is 26.3 Å². The maximum absolute atomic E-state index is 7.99. The van der Waals surface area contributed by atoms with Crippen molar-refractivity contribution in [3.8, 4) is 0 Å². The quantitative estimate of drug-likeness (QED) is 0.567. The van der Waals surface area contributed by atoms with Crippen molar-refractivity contribution in [2.75, 3.05) is 0 Å². The van der Waals surface area contributed by atoms with Crippen molar-refractivity contribution in [1.29, 1.82) is 0 Å². The molecule has 0 aliphatic rings. The second-order valence-electron chi connectivity index (χ2n) is 2.89. The lowest BCUT2D eigenvalue weighted by Crippen LogP contribution is -1.70. The Morgan fingerprint density at radius 3 is 2.87 bits per heavy atom. The third-order valence-electron chi connectivity index (χ3n) is 2.00. The maximum atomic E-state index is 7.99. The first-order valence-electron chi connectivity index (χ1n) is 7.04. The first kappa shape index (κ1) is 4.89. The Labute approximate surface area is 108 Å². The van der Waals surface area contributed by atoms with E-state index in [-0.39, 0.29) is 55.6 Å². The van der Waals surface area contributed by atoms with Crippen LogP contribution in [0, 0.1) is 0 Å². The first-order chi connectivity index (χ1) is 9.77. The summed E-state index contributed by atoms with van der Waals surface area (Å²) in [5, 5.41) is 0.293. The predicted molar refractivity (Wildman–Crippen MR) is 66.4 cm³/mol. The number of hydrogen-bond acceptors (Lipinski definition) is 1. The molecular formula is C12H6BrClO. The van der Waals surface area contributed by atoms with Crippen LogP contribution in [-0.2, 0) is 0 Å². The Hall–Kier alpha value is -0.990. The Morgan fingerprint density at radius 2 is 2.00 bits per heavy atom. The summed E-state index contributed by atoms with van der Waals surface area (Å²) in [4.78, 5) is 0. The molecule has 3 aromatic rings.